The summed E-state index contributed by atoms with van der Waals surface area (Å²) in [5, 5.41) is 0.278. The summed E-state index contributed by atoms with van der Waals surface area (Å²) in [5.74, 6) is -0.127. The van der Waals surface area contributed by atoms with Gasteiger partial charge in [-0.15, -0.1) is 0 Å². The molecule has 0 bridgehead atoms. The Morgan fingerprint density at radius 1 is 1.18 bits per heavy atom. The quantitative estimate of drug-likeness (QED) is 0.480. The maximum Gasteiger partial charge on any atom is 0.191 e. The van der Waals surface area contributed by atoms with E-state index in [9.17, 15) is 4.39 Å². The summed E-state index contributed by atoms with van der Waals surface area (Å²) in [6.45, 7) is 12.3. The van der Waals surface area contributed by atoms with Gasteiger partial charge in [0.1, 0.15) is 5.82 Å². The predicted molar refractivity (Wildman–Crippen MR) is 95.1 cm³/mol. The zero-order valence-corrected chi connectivity index (χ0v) is 15.6. The highest BCUT2D eigenvalue weighted by Gasteiger charge is 2.36. The second-order valence-corrected chi connectivity index (χ2v) is 12.7. The maximum atomic E-state index is 13.2. The summed E-state index contributed by atoms with van der Waals surface area (Å²) in [6, 6.07) is 5.12. The van der Waals surface area contributed by atoms with Crippen molar-refractivity contribution in [1.29, 1.82) is 0 Å². The Hall–Kier alpha value is -0.933. The highest BCUT2D eigenvalue weighted by atomic mass is 28.4. The van der Waals surface area contributed by atoms with Crippen LogP contribution in [-0.2, 0) is 10.8 Å². The Kier molecular flexibility index (Phi) is 5.28. The third-order valence-electron chi connectivity index (χ3n) is 5.09. The molecule has 0 spiro atoms. The van der Waals surface area contributed by atoms with E-state index >= 15 is 0 Å². The van der Waals surface area contributed by atoms with Gasteiger partial charge in [-0.05, 0) is 67.1 Å². The molecule has 0 N–H and O–H groups in total. The van der Waals surface area contributed by atoms with Crippen LogP contribution in [0.15, 0.2) is 23.8 Å². The molecule has 0 radical (unpaired) electrons. The van der Waals surface area contributed by atoms with Gasteiger partial charge < -0.3 is 4.43 Å². The minimum absolute atomic E-state index is 0.127. The van der Waals surface area contributed by atoms with E-state index in [1.165, 1.54) is 11.1 Å². The largest absolute Gasteiger partial charge is 0.417 e. The van der Waals surface area contributed by atoms with Crippen molar-refractivity contribution in [2.45, 2.75) is 64.6 Å². The minimum atomic E-state index is -1.62. The Morgan fingerprint density at radius 2 is 1.91 bits per heavy atom. The standard InChI is InChI=1S/C19H29FOSi/c1-19(2,3)22(4,5)21-12-6-7-15-8-9-17-14-18(20)11-10-16(17)13-15/h10-11,13-14H,6-9,12H2,1-5H3. The monoisotopic (exact) mass is 320 g/mol. The van der Waals surface area contributed by atoms with Crippen molar-refractivity contribution in [2.75, 3.05) is 6.61 Å². The Balaban J connectivity index is 1.85. The highest BCUT2D eigenvalue weighted by molar-refractivity contribution is 6.74. The van der Waals surface area contributed by atoms with Crippen molar-refractivity contribution >= 4 is 14.4 Å². The van der Waals surface area contributed by atoms with Gasteiger partial charge in [-0.25, -0.2) is 4.39 Å². The summed E-state index contributed by atoms with van der Waals surface area (Å²) < 4.78 is 19.4. The first-order chi connectivity index (χ1) is 10.2. The average molecular weight is 321 g/mol. The van der Waals surface area contributed by atoms with Gasteiger partial charge >= 0.3 is 0 Å². The summed E-state index contributed by atoms with van der Waals surface area (Å²) in [6.07, 6.45) is 6.42. The lowest BCUT2D eigenvalue weighted by atomic mass is 9.90. The average Bonchev–Trinajstić information content (AvgIpc) is 2.42. The first kappa shape index (κ1) is 17.4. The van der Waals surface area contributed by atoms with Crippen molar-refractivity contribution in [3.05, 3.63) is 40.7 Å². The fourth-order valence-corrected chi connectivity index (χ4v) is 3.65. The van der Waals surface area contributed by atoms with E-state index in [1.54, 1.807) is 12.1 Å². The predicted octanol–water partition coefficient (Wildman–Crippen LogP) is 5.96. The first-order valence-corrected chi connectivity index (χ1v) is 11.2. The third kappa shape index (κ3) is 4.29. The van der Waals surface area contributed by atoms with E-state index in [0.29, 0.717) is 0 Å². The van der Waals surface area contributed by atoms with E-state index < -0.39 is 8.32 Å². The summed E-state index contributed by atoms with van der Waals surface area (Å²) >= 11 is 0. The third-order valence-corrected chi connectivity index (χ3v) is 9.63. The van der Waals surface area contributed by atoms with Crippen LogP contribution >= 0.6 is 0 Å². The summed E-state index contributed by atoms with van der Waals surface area (Å²) in [7, 11) is -1.62. The van der Waals surface area contributed by atoms with Crippen LogP contribution in [0.4, 0.5) is 4.39 Å². The topological polar surface area (TPSA) is 9.23 Å². The van der Waals surface area contributed by atoms with Crippen LogP contribution in [0, 0.1) is 5.82 Å². The van der Waals surface area contributed by atoms with Crippen molar-refractivity contribution < 1.29 is 8.82 Å². The lowest BCUT2D eigenvalue weighted by Gasteiger charge is -2.36. The molecule has 0 amide bonds. The molecule has 0 fully saturated rings. The molecule has 1 nitrogen and oxygen atoms in total. The zero-order chi connectivity index (χ0) is 16.4. The number of aryl methyl sites for hydroxylation is 1. The van der Waals surface area contributed by atoms with Crippen LogP contribution in [0.5, 0.6) is 0 Å². The molecular formula is C19H29FOSi. The number of halogens is 1. The number of fused-ring (bicyclic) bond motifs is 1. The van der Waals surface area contributed by atoms with Gasteiger partial charge in [-0.2, -0.15) is 0 Å². The molecular weight excluding hydrogens is 291 g/mol. The SMILES string of the molecule is CC(C)(C)[Si](C)(C)OCCCC1=Cc2ccc(F)cc2CC1. The number of hydrogen-bond acceptors (Lipinski definition) is 1. The number of benzene rings is 1. The van der Waals surface area contributed by atoms with Gasteiger partial charge in [0.25, 0.3) is 0 Å². The van der Waals surface area contributed by atoms with E-state index in [-0.39, 0.29) is 10.9 Å². The van der Waals surface area contributed by atoms with Gasteiger partial charge in [-0.3, -0.25) is 0 Å². The van der Waals surface area contributed by atoms with Gasteiger partial charge in [0, 0.05) is 6.61 Å². The second kappa shape index (κ2) is 6.67. The lowest BCUT2D eigenvalue weighted by molar-refractivity contribution is 0.282. The molecule has 0 aliphatic heterocycles. The molecule has 0 saturated carbocycles. The van der Waals surface area contributed by atoms with Crippen molar-refractivity contribution in [3.8, 4) is 0 Å². The van der Waals surface area contributed by atoms with Crippen molar-refractivity contribution in [2.24, 2.45) is 0 Å². The van der Waals surface area contributed by atoms with Gasteiger partial charge in [0.2, 0.25) is 0 Å². The molecule has 1 aliphatic rings. The molecule has 0 heterocycles. The number of rotatable bonds is 5. The van der Waals surface area contributed by atoms with Crippen LogP contribution in [0.3, 0.4) is 0 Å². The van der Waals surface area contributed by atoms with E-state index in [4.69, 9.17) is 4.43 Å². The number of hydrogen-bond donors (Lipinski definition) is 0. The molecule has 0 aromatic heterocycles. The molecule has 3 heteroatoms. The van der Waals surface area contributed by atoms with Crippen LogP contribution in [0.25, 0.3) is 6.08 Å². The van der Waals surface area contributed by atoms with Crippen LogP contribution in [-0.4, -0.2) is 14.9 Å². The van der Waals surface area contributed by atoms with Crippen LogP contribution < -0.4 is 0 Å². The Bertz CT molecular complexity index is 555. The van der Waals surface area contributed by atoms with Gasteiger partial charge in [-0.1, -0.05) is 38.5 Å². The van der Waals surface area contributed by atoms with Crippen molar-refractivity contribution in [3.63, 3.8) is 0 Å². The molecule has 0 atom stereocenters. The van der Waals surface area contributed by atoms with Gasteiger partial charge in [0.05, 0.1) is 0 Å². The fraction of sp³-hybridized carbons (Fsp3) is 0.579. The molecule has 122 valence electrons. The summed E-state index contributed by atoms with van der Waals surface area (Å²) in [5.41, 5.74) is 3.80. The number of allylic oxidation sites excluding steroid dienone is 1. The normalized spacial score (nSPS) is 15.5. The highest BCUT2D eigenvalue weighted by Crippen LogP contribution is 2.36. The van der Waals surface area contributed by atoms with E-state index in [2.05, 4.69) is 39.9 Å². The fourth-order valence-electron chi connectivity index (χ4n) is 2.56. The summed E-state index contributed by atoms with van der Waals surface area (Å²) in [4.78, 5) is 0. The van der Waals surface area contributed by atoms with Crippen LogP contribution in [0.1, 0.15) is 51.2 Å². The lowest BCUT2D eigenvalue weighted by Crippen LogP contribution is -2.40. The minimum Gasteiger partial charge on any atom is -0.417 e. The van der Waals surface area contributed by atoms with E-state index in [1.807, 2.05) is 6.07 Å². The Labute approximate surface area is 135 Å². The van der Waals surface area contributed by atoms with E-state index in [0.717, 1.165) is 37.9 Å². The second-order valence-electron chi connectivity index (χ2n) is 7.86. The maximum absolute atomic E-state index is 13.2. The van der Waals surface area contributed by atoms with Crippen LogP contribution in [0.2, 0.25) is 18.1 Å². The molecule has 1 aromatic rings. The zero-order valence-electron chi connectivity index (χ0n) is 14.6. The van der Waals surface area contributed by atoms with Crippen molar-refractivity contribution in [1.82, 2.24) is 0 Å². The molecule has 1 aromatic carbocycles. The van der Waals surface area contributed by atoms with Gasteiger partial charge in [0.15, 0.2) is 8.32 Å². The molecule has 0 unspecified atom stereocenters. The molecule has 0 saturated heterocycles. The molecule has 22 heavy (non-hydrogen) atoms. The smallest absolute Gasteiger partial charge is 0.191 e. The molecule has 2 rings (SSSR count). The first-order valence-electron chi connectivity index (χ1n) is 8.31. The Morgan fingerprint density at radius 3 is 2.59 bits per heavy atom. The molecule has 1 aliphatic carbocycles.